The van der Waals surface area contributed by atoms with Crippen molar-refractivity contribution in [2.75, 3.05) is 32.7 Å². The first-order valence-corrected chi connectivity index (χ1v) is 15.2. The first kappa shape index (κ1) is 25.5. The number of aliphatic hydroxyl groups is 2. The van der Waals surface area contributed by atoms with Crippen molar-refractivity contribution in [1.82, 2.24) is 0 Å². The van der Waals surface area contributed by atoms with Crippen LogP contribution < -0.4 is 10.2 Å². The van der Waals surface area contributed by atoms with Gasteiger partial charge in [-0.2, -0.15) is 0 Å². The predicted octanol–water partition coefficient (Wildman–Crippen LogP) is 6.00. The minimum absolute atomic E-state index is 0.0973. The molecule has 0 aromatic heterocycles. The summed E-state index contributed by atoms with van der Waals surface area (Å²) in [6.07, 6.45) is 5.96. The number of anilines is 1. The van der Waals surface area contributed by atoms with Crippen LogP contribution in [0.25, 0.3) is 27.1 Å². The Morgan fingerprint density at radius 1 is 0.846 bits per heavy atom. The monoisotopic (exact) mass is 534 g/mol. The Morgan fingerprint density at radius 3 is 2.15 bits per heavy atom. The maximum Gasteiger partial charge on any atom is 0.141 e. The molecule has 1 aliphatic heterocycles. The van der Waals surface area contributed by atoms with Crippen LogP contribution in [-0.4, -0.2) is 43.7 Å². The summed E-state index contributed by atoms with van der Waals surface area (Å²) in [5.74, 6) is 0. The molecule has 4 aromatic rings. The van der Waals surface area contributed by atoms with Gasteiger partial charge in [0.25, 0.3) is 0 Å². The number of aliphatic imine (C=N–C) groups is 1. The molecule has 0 bridgehead atoms. The Kier molecular flexibility index (Phi) is 6.19. The zero-order valence-corrected chi connectivity index (χ0v) is 23.5. The molecule has 196 valence electrons. The Hall–Kier alpha value is -3.76. The molecule has 6 heteroatoms. The molecule has 0 amide bonds. The van der Waals surface area contributed by atoms with E-state index in [9.17, 15) is 14.8 Å². The van der Waals surface area contributed by atoms with Crippen molar-refractivity contribution in [3.8, 4) is 0 Å². The zero-order chi connectivity index (χ0) is 27.5. The third-order valence-electron chi connectivity index (χ3n) is 8.05. The summed E-state index contributed by atoms with van der Waals surface area (Å²) >= 11 is 0. The van der Waals surface area contributed by atoms with Gasteiger partial charge in [-0.3, -0.25) is 4.99 Å². The molecule has 2 N–H and O–H groups in total. The van der Waals surface area contributed by atoms with Gasteiger partial charge in [-0.25, -0.2) is 0 Å². The summed E-state index contributed by atoms with van der Waals surface area (Å²) in [6, 6.07) is 20.3. The fraction of sp³-hybridized carbons (Fsp3) is 0.182. The van der Waals surface area contributed by atoms with E-state index in [1.54, 1.807) is 7.05 Å². The summed E-state index contributed by atoms with van der Waals surface area (Å²) in [4.78, 5) is 6.39. The van der Waals surface area contributed by atoms with E-state index in [4.69, 9.17) is 0 Å². The van der Waals surface area contributed by atoms with Crippen LogP contribution in [0.2, 0.25) is 0 Å². The second-order valence-electron chi connectivity index (χ2n) is 10.4. The summed E-state index contributed by atoms with van der Waals surface area (Å²) in [6.45, 7) is 1.64. The van der Waals surface area contributed by atoms with E-state index >= 15 is 0 Å². The number of aliphatic hydroxyl groups excluding tert-OH is 2. The smallest absolute Gasteiger partial charge is 0.141 e. The number of hydrogen-bond donors (Lipinski definition) is 2. The second-order valence-corrected chi connectivity index (χ2v) is 13.2. The molecule has 0 saturated heterocycles. The van der Waals surface area contributed by atoms with Crippen LogP contribution in [0.4, 0.5) is 5.69 Å². The average molecular weight is 535 g/mol. The lowest BCUT2D eigenvalue weighted by Crippen LogP contribution is -2.22. The molecule has 0 saturated carbocycles. The van der Waals surface area contributed by atoms with E-state index in [0.29, 0.717) is 0 Å². The number of hydrogen-bond acceptors (Lipinski definition) is 5. The molecular weight excluding hydrogens is 503 g/mol. The van der Waals surface area contributed by atoms with Gasteiger partial charge in [-0.15, -0.1) is 0 Å². The Bertz CT molecular complexity index is 1860. The third kappa shape index (κ3) is 3.84. The van der Waals surface area contributed by atoms with Gasteiger partial charge in [0.15, 0.2) is 0 Å². The molecule has 2 aliphatic rings. The summed E-state index contributed by atoms with van der Waals surface area (Å²) in [7, 11) is 2.80. The molecule has 4 aromatic carbocycles. The highest BCUT2D eigenvalue weighted by Gasteiger charge is 2.37. The van der Waals surface area contributed by atoms with Gasteiger partial charge in [-0.05, 0) is 92.0 Å². The molecule has 0 radical (unpaired) electrons. The summed E-state index contributed by atoms with van der Waals surface area (Å²) in [5, 5.41) is 26.2. The van der Waals surface area contributed by atoms with Gasteiger partial charge < -0.3 is 19.7 Å². The van der Waals surface area contributed by atoms with E-state index in [1.165, 1.54) is 0 Å². The number of allylic oxidation sites excluding steroid dienone is 5. The van der Waals surface area contributed by atoms with E-state index < -0.39 is 7.14 Å². The van der Waals surface area contributed by atoms with E-state index in [1.807, 2.05) is 80.3 Å². The molecule has 1 unspecified atom stereocenters. The third-order valence-corrected chi connectivity index (χ3v) is 10.6. The SMILES string of the molecule is CN=C1C=CC2=C(c3ccc4c(CO)c5ccccc5c(CO)c4c3)c3ccc(N(C)C)cc3P(C)(=O)C2=C1. The Morgan fingerprint density at radius 2 is 1.51 bits per heavy atom. The maximum absolute atomic E-state index is 14.5. The van der Waals surface area contributed by atoms with Crippen LogP contribution in [0.3, 0.4) is 0 Å². The van der Waals surface area contributed by atoms with Gasteiger partial charge in [-0.1, -0.05) is 48.5 Å². The van der Waals surface area contributed by atoms with Gasteiger partial charge in [0.1, 0.15) is 7.14 Å². The van der Waals surface area contributed by atoms with Crippen LogP contribution in [0.15, 0.2) is 94.8 Å². The van der Waals surface area contributed by atoms with E-state index in [2.05, 4.69) is 29.3 Å². The lowest BCUT2D eigenvalue weighted by atomic mass is 9.86. The maximum atomic E-state index is 14.5. The molecule has 1 atom stereocenters. The standard InChI is InChI=1S/C33H31N2O3P/c1-34-21-10-13-26-31(16-21)39(4,38)32-17-22(35(2)3)11-14-27(32)33(26)20-9-12-25-28(15-20)30(19-37)24-8-6-5-7-23(24)29(25)18-36/h5-17,36-37H,18-19H2,1-4H3. The van der Waals surface area contributed by atoms with Crippen LogP contribution >= 0.6 is 7.14 Å². The molecule has 1 aliphatic carbocycles. The van der Waals surface area contributed by atoms with Crippen LogP contribution in [0.5, 0.6) is 0 Å². The first-order chi connectivity index (χ1) is 18.8. The zero-order valence-electron chi connectivity index (χ0n) is 22.6. The summed E-state index contributed by atoms with van der Waals surface area (Å²) < 4.78 is 14.5. The second kappa shape index (κ2) is 9.46. The molecule has 39 heavy (non-hydrogen) atoms. The van der Waals surface area contributed by atoms with Crippen molar-refractivity contribution in [1.29, 1.82) is 0 Å². The number of benzene rings is 4. The summed E-state index contributed by atoms with van der Waals surface area (Å²) in [5.41, 5.74) is 7.34. The molecule has 0 spiro atoms. The van der Waals surface area contributed by atoms with E-state index in [0.717, 1.165) is 77.0 Å². The van der Waals surface area contributed by atoms with Crippen molar-refractivity contribution in [2.45, 2.75) is 13.2 Å². The van der Waals surface area contributed by atoms with Crippen LogP contribution in [0, 0.1) is 0 Å². The number of rotatable bonds is 4. The highest BCUT2D eigenvalue weighted by Crippen LogP contribution is 2.60. The van der Waals surface area contributed by atoms with Crippen LogP contribution in [-0.2, 0) is 17.8 Å². The van der Waals surface area contributed by atoms with Gasteiger partial charge in [0, 0.05) is 37.4 Å². The number of nitrogens with zero attached hydrogens (tertiary/aromatic N) is 2. The topological polar surface area (TPSA) is 73.1 Å². The van der Waals surface area contributed by atoms with Gasteiger partial charge in [0.2, 0.25) is 0 Å². The van der Waals surface area contributed by atoms with Crippen molar-refractivity contribution < 1.29 is 14.8 Å². The average Bonchev–Trinajstić information content (AvgIpc) is 2.95. The van der Waals surface area contributed by atoms with Crippen molar-refractivity contribution in [3.63, 3.8) is 0 Å². The molecular formula is C33H31N2O3P. The molecule has 1 heterocycles. The lowest BCUT2D eigenvalue weighted by molar-refractivity contribution is 0.282. The minimum Gasteiger partial charge on any atom is -0.392 e. The highest BCUT2D eigenvalue weighted by molar-refractivity contribution is 7.75. The lowest BCUT2D eigenvalue weighted by Gasteiger charge is -2.32. The Balaban J connectivity index is 1.71. The molecule has 6 rings (SSSR count). The molecule has 0 fully saturated rings. The normalized spacial score (nSPS) is 19.4. The van der Waals surface area contributed by atoms with E-state index in [-0.39, 0.29) is 13.2 Å². The number of fused-ring (bicyclic) bond motifs is 4. The minimum atomic E-state index is -2.92. The van der Waals surface area contributed by atoms with Crippen molar-refractivity contribution in [3.05, 3.63) is 112 Å². The van der Waals surface area contributed by atoms with Gasteiger partial charge in [0.05, 0.1) is 18.9 Å². The highest BCUT2D eigenvalue weighted by atomic mass is 31.2. The predicted molar refractivity (Wildman–Crippen MR) is 164 cm³/mol. The van der Waals surface area contributed by atoms with Crippen molar-refractivity contribution >= 4 is 51.0 Å². The fourth-order valence-electron chi connectivity index (χ4n) is 6.02. The van der Waals surface area contributed by atoms with Crippen molar-refractivity contribution in [2.24, 2.45) is 4.99 Å². The first-order valence-electron chi connectivity index (χ1n) is 13.0. The van der Waals surface area contributed by atoms with Gasteiger partial charge >= 0.3 is 0 Å². The molecule has 5 nitrogen and oxygen atoms in total. The van der Waals surface area contributed by atoms with Crippen LogP contribution in [0.1, 0.15) is 22.3 Å². The quantitative estimate of drug-likeness (QED) is 0.249. The largest absolute Gasteiger partial charge is 0.392 e. The fourth-order valence-corrected chi connectivity index (χ4v) is 8.33. The Labute approximate surface area is 228 Å².